The third-order valence-electron chi connectivity index (χ3n) is 3.48. The monoisotopic (exact) mass is 288 g/mol. The lowest BCUT2D eigenvalue weighted by molar-refractivity contribution is 0.0909. The van der Waals surface area contributed by atoms with Gasteiger partial charge in [-0.2, -0.15) is 0 Å². The van der Waals surface area contributed by atoms with E-state index in [0.717, 1.165) is 5.56 Å². The highest BCUT2D eigenvalue weighted by Crippen LogP contribution is 2.31. The van der Waals surface area contributed by atoms with Gasteiger partial charge in [0.1, 0.15) is 5.75 Å². The summed E-state index contributed by atoms with van der Waals surface area (Å²) in [6.45, 7) is 3.82. The normalized spacial score (nSPS) is 11.2. The van der Waals surface area contributed by atoms with Crippen LogP contribution in [0.15, 0.2) is 48.5 Å². The quantitative estimate of drug-likeness (QED) is 0.774. The molecule has 2 nitrogen and oxygen atoms in total. The molecule has 0 saturated carbocycles. The summed E-state index contributed by atoms with van der Waals surface area (Å²) in [5.74, 6) is 0.639. The lowest BCUT2D eigenvalue weighted by Gasteiger charge is -2.24. The fourth-order valence-corrected chi connectivity index (χ4v) is 2.39. The molecule has 20 heavy (non-hydrogen) atoms. The topological polar surface area (TPSA) is 26.3 Å². The van der Waals surface area contributed by atoms with E-state index in [4.69, 9.17) is 16.3 Å². The number of hydrogen-bond acceptors (Lipinski definition) is 2. The molecule has 0 radical (unpaired) electrons. The average Bonchev–Trinajstić information content (AvgIpc) is 2.47. The van der Waals surface area contributed by atoms with Crippen molar-refractivity contribution in [1.82, 2.24) is 0 Å². The van der Waals surface area contributed by atoms with E-state index >= 15 is 0 Å². The van der Waals surface area contributed by atoms with Gasteiger partial charge in [0.05, 0.1) is 17.5 Å². The summed E-state index contributed by atoms with van der Waals surface area (Å²) < 4.78 is 5.10. The van der Waals surface area contributed by atoms with Crippen LogP contribution in [-0.2, 0) is 5.41 Å². The second-order valence-electron chi connectivity index (χ2n) is 5.17. The second-order valence-corrected chi connectivity index (χ2v) is 5.57. The minimum atomic E-state index is -0.626. The highest BCUT2D eigenvalue weighted by molar-refractivity contribution is 6.34. The molecule has 0 unspecified atom stereocenters. The largest absolute Gasteiger partial charge is 0.497 e. The number of hydrogen-bond donors (Lipinski definition) is 0. The minimum absolute atomic E-state index is 0.00338. The van der Waals surface area contributed by atoms with Crippen LogP contribution in [0.1, 0.15) is 29.8 Å². The fraction of sp³-hybridized carbons (Fsp3) is 0.235. The number of carbonyl (C=O) groups excluding carboxylic acids is 1. The highest BCUT2D eigenvalue weighted by atomic mass is 35.5. The van der Waals surface area contributed by atoms with Crippen LogP contribution in [0, 0.1) is 0 Å². The predicted octanol–water partition coefficient (Wildman–Crippen LogP) is 4.51. The van der Waals surface area contributed by atoms with Crippen molar-refractivity contribution in [3.8, 4) is 5.75 Å². The van der Waals surface area contributed by atoms with Gasteiger partial charge in [-0.15, -0.1) is 0 Å². The standard InChI is InChI=1S/C17H17ClO2/c1-17(2,12-7-5-4-6-8-12)16(19)14-10-9-13(20-3)11-15(14)18/h4-11H,1-3H3. The fourth-order valence-electron chi connectivity index (χ4n) is 2.13. The molecule has 0 heterocycles. The summed E-state index contributed by atoms with van der Waals surface area (Å²) in [5.41, 5.74) is 0.859. The Bertz CT molecular complexity index is 618. The Hall–Kier alpha value is -1.80. The summed E-state index contributed by atoms with van der Waals surface area (Å²) in [6, 6.07) is 14.8. The van der Waals surface area contributed by atoms with Gasteiger partial charge in [-0.05, 0) is 37.6 Å². The Kier molecular flexibility index (Phi) is 4.15. The number of ketones is 1. The van der Waals surface area contributed by atoms with Crippen molar-refractivity contribution in [2.75, 3.05) is 7.11 Å². The van der Waals surface area contributed by atoms with Crippen LogP contribution in [0.5, 0.6) is 5.75 Å². The van der Waals surface area contributed by atoms with E-state index in [9.17, 15) is 4.79 Å². The molecule has 0 atom stereocenters. The number of ether oxygens (including phenoxy) is 1. The minimum Gasteiger partial charge on any atom is -0.497 e. The first kappa shape index (κ1) is 14.6. The van der Waals surface area contributed by atoms with Crippen molar-refractivity contribution < 1.29 is 9.53 Å². The van der Waals surface area contributed by atoms with Crippen LogP contribution >= 0.6 is 11.6 Å². The van der Waals surface area contributed by atoms with E-state index in [1.165, 1.54) is 0 Å². The summed E-state index contributed by atoms with van der Waals surface area (Å²) >= 11 is 6.20. The van der Waals surface area contributed by atoms with E-state index in [-0.39, 0.29) is 5.78 Å². The Morgan fingerprint density at radius 2 is 1.75 bits per heavy atom. The molecule has 104 valence electrons. The van der Waals surface area contributed by atoms with Gasteiger partial charge < -0.3 is 4.74 Å². The molecule has 2 rings (SSSR count). The summed E-state index contributed by atoms with van der Waals surface area (Å²) in [5, 5.41) is 0.415. The van der Waals surface area contributed by atoms with Crippen molar-refractivity contribution in [2.45, 2.75) is 19.3 Å². The number of halogens is 1. The Morgan fingerprint density at radius 1 is 1.10 bits per heavy atom. The second kappa shape index (κ2) is 5.68. The molecule has 3 heteroatoms. The van der Waals surface area contributed by atoms with Gasteiger partial charge in [0, 0.05) is 5.56 Å². The lowest BCUT2D eigenvalue weighted by atomic mass is 9.78. The summed E-state index contributed by atoms with van der Waals surface area (Å²) in [7, 11) is 1.57. The molecule has 0 amide bonds. The van der Waals surface area contributed by atoms with Gasteiger partial charge in [0.2, 0.25) is 0 Å². The van der Waals surface area contributed by atoms with Crippen molar-refractivity contribution >= 4 is 17.4 Å². The number of benzene rings is 2. The molecule has 0 aromatic heterocycles. The molecule has 0 saturated heterocycles. The van der Waals surface area contributed by atoms with Gasteiger partial charge >= 0.3 is 0 Å². The first-order valence-corrected chi connectivity index (χ1v) is 6.78. The maximum Gasteiger partial charge on any atom is 0.174 e. The SMILES string of the molecule is COc1ccc(C(=O)C(C)(C)c2ccccc2)c(Cl)c1. The van der Waals surface area contributed by atoms with Gasteiger partial charge in [-0.25, -0.2) is 0 Å². The van der Waals surface area contributed by atoms with Gasteiger partial charge in [-0.3, -0.25) is 4.79 Å². The van der Waals surface area contributed by atoms with Crippen LogP contribution in [-0.4, -0.2) is 12.9 Å². The van der Waals surface area contributed by atoms with Crippen molar-refractivity contribution in [3.63, 3.8) is 0 Å². The van der Waals surface area contributed by atoms with Gasteiger partial charge in [0.15, 0.2) is 5.78 Å². The molecule has 0 aliphatic rings. The zero-order valence-corrected chi connectivity index (χ0v) is 12.6. The van der Waals surface area contributed by atoms with Crippen LogP contribution in [0.25, 0.3) is 0 Å². The zero-order chi connectivity index (χ0) is 14.8. The Morgan fingerprint density at radius 3 is 2.30 bits per heavy atom. The van der Waals surface area contributed by atoms with Crippen LogP contribution in [0.3, 0.4) is 0 Å². The van der Waals surface area contributed by atoms with E-state index in [2.05, 4.69) is 0 Å². The zero-order valence-electron chi connectivity index (χ0n) is 11.8. The van der Waals surface area contributed by atoms with Gasteiger partial charge in [0.25, 0.3) is 0 Å². The smallest absolute Gasteiger partial charge is 0.174 e. The number of rotatable bonds is 4. The maximum atomic E-state index is 12.8. The first-order valence-electron chi connectivity index (χ1n) is 6.40. The Labute approximate surface area is 124 Å². The molecule has 0 spiro atoms. The molecule has 0 fully saturated rings. The van der Waals surface area contributed by atoms with E-state index < -0.39 is 5.41 Å². The number of methoxy groups -OCH3 is 1. The molecular formula is C17H17ClO2. The van der Waals surface area contributed by atoms with Crippen molar-refractivity contribution in [1.29, 1.82) is 0 Å². The lowest BCUT2D eigenvalue weighted by Crippen LogP contribution is -2.29. The van der Waals surface area contributed by atoms with E-state index in [0.29, 0.717) is 16.3 Å². The van der Waals surface area contributed by atoms with E-state index in [1.54, 1.807) is 25.3 Å². The van der Waals surface area contributed by atoms with Crippen molar-refractivity contribution in [3.05, 3.63) is 64.7 Å². The van der Waals surface area contributed by atoms with Crippen molar-refractivity contribution in [2.24, 2.45) is 0 Å². The molecule has 2 aromatic rings. The molecule has 0 aliphatic carbocycles. The first-order chi connectivity index (χ1) is 9.46. The van der Waals surface area contributed by atoms with Crippen LogP contribution in [0.2, 0.25) is 5.02 Å². The molecule has 2 aromatic carbocycles. The summed E-state index contributed by atoms with van der Waals surface area (Å²) in [6.07, 6.45) is 0. The molecule has 0 aliphatic heterocycles. The maximum absolute atomic E-state index is 12.8. The number of Topliss-reactive ketones (excluding diaryl/α,β-unsaturated/α-hetero) is 1. The Balaban J connectivity index is 2.41. The molecule has 0 bridgehead atoms. The predicted molar refractivity (Wildman–Crippen MR) is 81.8 cm³/mol. The highest BCUT2D eigenvalue weighted by Gasteiger charge is 2.31. The van der Waals surface area contributed by atoms with Gasteiger partial charge in [-0.1, -0.05) is 41.9 Å². The third-order valence-corrected chi connectivity index (χ3v) is 3.80. The molecular weight excluding hydrogens is 272 g/mol. The number of carbonyl (C=O) groups is 1. The summed E-state index contributed by atoms with van der Waals surface area (Å²) in [4.78, 5) is 12.8. The van der Waals surface area contributed by atoms with E-state index in [1.807, 2.05) is 44.2 Å². The van der Waals surface area contributed by atoms with Crippen LogP contribution < -0.4 is 4.74 Å². The van der Waals surface area contributed by atoms with Crippen LogP contribution in [0.4, 0.5) is 0 Å². The molecule has 0 N–H and O–H groups in total. The third kappa shape index (κ3) is 2.70. The average molecular weight is 289 g/mol.